The fourth-order valence-electron chi connectivity index (χ4n) is 3.36. The molecule has 1 atom stereocenters. The molecular formula is C13H23N5O2S. The van der Waals surface area contributed by atoms with Crippen molar-refractivity contribution < 1.29 is 8.42 Å². The summed E-state index contributed by atoms with van der Waals surface area (Å²) in [6.07, 6.45) is 4.75. The smallest absolute Gasteiger partial charge is 0.260 e. The van der Waals surface area contributed by atoms with Gasteiger partial charge < -0.3 is 5.32 Å². The topological polar surface area (TPSA) is 81.3 Å². The molecular weight excluding hydrogens is 290 g/mol. The van der Waals surface area contributed by atoms with Crippen molar-refractivity contribution in [2.45, 2.75) is 36.9 Å². The number of rotatable bonds is 4. The van der Waals surface area contributed by atoms with E-state index < -0.39 is 10.0 Å². The normalized spacial score (nSPS) is 24.9. The van der Waals surface area contributed by atoms with E-state index in [1.54, 1.807) is 17.5 Å². The Hall–Kier alpha value is -0.960. The molecule has 0 saturated carbocycles. The van der Waals surface area contributed by atoms with Crippen LogP contribution < -0.4 is 5.32 Å². The van der Waals surface area contributed by atoms with Crippen LogP contribution in [0.3, 0.4) is 0 Å². The lowest BCUT2D eigenvalue weighted by Gasteiger charge is -2.25. The average molecular weight is 313 g/mol. The number of hydrogen-bond acceptors (Lipinski definition) is 5. The van der Waals surface area contributed by atoms with E-state index in [0.29, 0.717) is 31.2 Å². The Labute approximate surface area is 125 Å². The van der Waals surface area contributed by atoms with Crippen LogP contribution in [-0.2, 0) is 16.6 Å². The first-order valence-electron chi connectivity index (χ1n) is 7.54. The maximum Gasteiger partial charge on any atom is 0.260 e. The largest absolute Gasteiger partial charge is 0.316 e. The molecule has 0 aliphatic carbocycles. The molecule has 2 aliphatic rings. The fraction of sp³-hybridized carbons (Fsp3) is 0.769. The van der Waals surface area contributed by atoms with Crippen molar-refractivity contribution in [3.63, 3.8) is 0 Å². The molecule has 1 aromatic rings. The Morgan fingerprint density at radius 1 is 1.38 bits per heavy atom. The lowest BCUT2D eigenvalue weighted by molar-refractivity contribution is 0.257. The van der Waals surface area contributed by atoms with Gasteiger partial charge in [-0.2, -0.15) is 9.40 Å². The van der Waals surface area contributed by atoms with E-state index >= 15 is 0 Å². The van der Waals surface area contributed by atoms with Crippen molar-refractivity contribution in [2.75, 3.05) is 33.2 Å². The molecule has 2 saturated heterocycles. The quantitative estimate of drug-likeness (QED) is 0.817. The zero-order valence-electron chi connectivity index (χ0n) is 12.4. The number of nitrogens with one attached hydrogen (secondary N) is 2. The SMILES string of the molecule is CNCc1cn[nH]c1S(=O)(=O)N1CCCN2CCCC2C1. The van der Waals surface area contributed by atoms with Crippen molar-refractivity contribution in [3.05, 3.63) is 11.8 Å². The Balaban J connectivity index is 1.85. The van der Waals surface area contributed by atoms with Gasteiger partial charge in [-0.3, -0.25) is 10.00 Å². The molecule has 2 fully saturated rings. The van der Waals surface area contributed by atoms with Crippen LogP contribution >= 0.6 is 0 Å². The Morgan fingerprint density at radius 2 is 2.19 bits per heavy atom. The first-order chi connectivity index (χ1) is 10.1. The van der Waals surface area contributed by atoms with Gasteiger partial charge in [-0.05, 0) is 39.4 Å². The van der Waals surface area contributed by atoms with Gasteiger partial charge in [-0.15, -0.1) is 0 Å². The van der Waals surface area contributed by atoms with Crippen LogP contribution in [0.1, 0.15) is 24.8 Å². The zero-order valence-corrected chi connectivity index (χ0v) is 13.2. The molecule has 1 aromatic heterocycles. The summed E-state index contributed by atoms with van der Waals surface area (Å²) in [5.41, 5.74) is 0.699. The van der Waals surface area contributed by atoms with Gasteiger partial charge in [0, 0.05) is 31.2 Å². The van der Waals surface area contributed by atoms with Crippen LogP contribution in [0.5, 0.6) is 0 Å². The zero-order chi connectivity index (χ0) is 14.9. The van der Waals surface area contributed by atoms with Gasteiger partial charge in [0.25, 0.3) is 10.0 Å². The molecule has 0 radical (unpaired) electrons. The van der Waals surface area contributed by atoms with E-state index in [0.717, 1.165) is 25.9 Å². The van der Waals surface area contributed by atoms with Gasteiger partial charge in [-0.1, -0.05) is 0 Å². The lowest BCUT2D eigenvalue weighted by atomic mass is 10.2. The first kappa shape index (κ1) is 15.0. The number of H-pyrrole nitrogens is 1. The van der Waals surface area contributed by atoms with Crippen LogP contribution in [0, 0.1) is 0 Å². The van der Waals surface area contributed by atoms with Gasteiger partial charge in [-0.25, -0.2) is 8.42 Å². The number of aromatic amines is 1. The molecule has 7 nitrogen and oxygen atoms in total. The van der Waals surface area contributed by atoms with Crippen molar-refractivity contribution in [3.8, 4) is 0 Å². The van der Waals surface area contributed by atoms with Crippen LogP contribution in [-0.4, -0.2) is 67.1 Å². The van der Waals surface area contributed by atoms with E-state index in [1.807, 2.05) is 0 Å². The number of aromatic nitrogens is 2. The third-order valence-corrected chi connectivity index (χ3v) is 6.29. The summed E-state index contributed by atoms with van der Waals surface area (Å²) in [5.74, 6) is 0. The highest BCUT2D eigenvalue weighted by Crippen LogP contribution is 2.25. The summed E-state index contributed by atoms with van der Waals surface area (Å²) in [7, 11) is -1.69. The number of fused-ring (bicyclic) bond motifs is 1. The third kappa shape index (κ3) is 2.85. The predicted molar refractivity (Wildman–Crippen MR) is 79.3 cm³/mol. The van der Waals surface area contributed by atoms with Gasteiger partial charge in [0.1, 0.15) is 0 Å². The summed E-state index contributed by atoms with van der Waals surface area (Å²) in [6, 6.07) is 0.373. The van der Waals surface area contributed by atoms with Gasteiger partial charge in [0.15, 0.2) is 5.03 Å². The lowest BCUT2D eigenvalue weighted by Crippen LogP contribution is -2.40. The molecule has 8 heteroatoms. The highest BCUT2D eigenvalue weighted by atomic mass is 32.2. The van der Waals surface area contributed by atoms with Crippen LogP contribution in [0.2, 0.25) is 0 Å². The van der Waals surface area contributed by atoms with Crippen molar-refractivity contribution >= 4 is 10.0 Å². The van der Waals surface area contributed by atoms with Gasteiger partial charge in [0.05, 0.1) is 6.20 Å². The van der Waals surface area contributed by atoms with Crippen LogP contribution in [0.15, 0.2) is 11.2 Å². The molecule has 0 aromatic carbocycles. The van der Waals surface area contributed by atoms with Gasteiger partial charge in [0.2, 0.25) is 0 Å². The summed E-state index contributed by atoms with van der Waals surface area (Å²) in [4.78, 5) is 2.43. The van der Waals surface area contributed by atoms with E-state index in [9.17, 15) is 8.42 Å². The molecule has 3 heterocycles. The fourth-order valence-corrected chi connectivity index (χ4v) is 4.98. The Bertz CT molecular complexity index is 585. The maximum atomic E-state index is 12.9. The van der Waals surface area contributed by atoms with Crippen molar-refractivity contribution in [1.29, 1.82) is 0 Å². The summed E-state index contributed by atoms with van der Waals surface area (Å²) in [6.45, 7) is 3.79. The second-order valence-electron chi connectivity index (χ2n) is 5.80. The monoisotopic (exact) mass is 313 g/mol. The number of nitrogens with zero attached hydrogens (tertiary/aromatic N) is 3. The second kappa shape index (κ2) is 6.04. The second-order valence-corrected chi connectivity index (χ2v) is 7.68. The average Bonchev–Trinajstić information content (AvgIpc) is 3.04. The van der Waals surface area contributed by atoms with E-state index in [2.05, 4.69) is 20.4 Å². The predicted octanol–water partition coefficient (Wildman–Crippen LogP) is -0.0121. The van der Waals surface area contributed by atoms with Gasteiger partial charge >= 0.3 is 0 Å². The van der Waals surface area contributed by atoms with Crippen LogP contribution in [0.25, 0.3) is 0 Å². The number of sulfonamides is 1. The molecule has 21 heavy (non-hydrogen) atoms. The molecule has 3 rings (SSSR count). The van der Waals surface area contributed by atoms with Crippen molar-refractivity contribution in [1.82, 2.24) is 24.7 Å². The van der Waals surface area contributed by atoms with Crippen molar-refractivity contribution in [2.24, 2.45) is 0 Å². The standard InChI is InChI=1S/C13H23N5O2S/c1-14-8-11-9-15-16-13(11)21(19,20)18-7-3-6-17-5-2-4-12(17)10-18/h9,12,14H,2-8,10H2,1H3,(H,15,16). The molecule has 0 bridgehead atoms. The van der Waals surface area contributed by atoms with Crippen LogP contribution in [0.4, 0.5) is 0 Å². The first-order valence-corrected chi connectivity index (χ1v) is 8.98. The minimum atomic E-state index is -3.48. The minimum absolute atomic E-state index is 0.239. The minimum Gasteiger partial charge on any atom is -0.316 e. The molecule has 1 unspecified atom stereocenters. The summed E-state index contributed by atoms with van der Waals surface area (Å²) >= 11 is 0. The molecule has 118 valence electrons. The highest BCUT2D eigenvalue weighted by Gasteiger charge is 2.35. The molecule has 2 aliphatic heterocycles. The van der Waals surface area contributed by atoms with E-state index in [4.69, 9.17) is 0 Å². The third-order valence-electron chi connectivity index (χ3n) is 4.41. The van der Waals surface area contributed by atoms with E-state index in [1.165, 1.54) is 6.42 Å². The Kier molecular flexibility index (Phi) is 4.30. The number of hydrogen-bond donors (Lipinski definition) is 2. The Morgan fingerprint density at radius 3 is 3.00 bits per heavy atom. The summed E-state index contributed by atoms with van der Waals surface area (Å²) in [5, 5.41) is 9.81. The molecule has 0 spiro atoms. The molecule has 0 amide bonds. The highest BCUT2D eigenvalue weighted by molar-refractivity contribution is 7.89. The summed E-state index contributed by atoms with van der Waals surface area (Å²) < 4.78 is 27.4. The van der Waals surface area contributed by atoms with E-state index in [-0.39, 0.29) is 5.03 Å². The molecule has 2 N–H and O–H groups in total. The maximum absolute atomic E-state index is 12.9.